The largest absolute Gasteiger partial charge is 0.378 e. The zero-order valence-electron chi connectivity index (χ0n) is 20.4. The number of anilines is 5. The highest BCUT2D eigenvalue weighted by atomic mass is 32.2. The molecule has 0 atom stereocenters. The number of morpholine rings is 1. The normalized spacial score (nSPS) is 16.1. The topological polar surface area (TPSA) is 85.9 Å². The number of ether oxygens (including phenoxy) is 1. The number of carbonyl (C=O) groups is 1. The highest BCUT2D eigenvalue weighted by Crippen LogP contribution is 2.22. The van der Waals surface area contributed by atoms with Crippen LogP contribution in [0.3, 0.4) is 0 Å². The Morgan fingerprint density at radius 2 is 1.56 bits per heavy atom. The van der Waals surface area contributed by atoms with Crippen LogP contribution in [0.2, 0.25) is 0 Å². The Kier molecular flexibility index (Phi) is 7.73. The number of thioether (sulfide) groups is 1. The molecular formula is C26H31N7O2S. The van der Waals surface area contributed by atoms with Gasteiger partial charge in [0.05, 0.1) is 13.2 Å². The van der Waals surface area contributed by atoms with Crippen LogP contribution in [-0.4, -0.2) is 79.6 Å². The van der Waals surface area contributed by atoms with Gasteiger partial charge in [-0.1, -0.05) is 0 Å². The quantitative estimate of drug-likeness (QED) is 0.484. The van der Waals surface area contributed by atoms with Gasteiger partial charge in [-0.15, -0.1) is 11.8 Å². The Hall–Kier alpha value is -3.50. The Bertz CT molecular complexity index is 1150. The summed E-state index contributed by atoms with van der Waals surface area (Å²) in [7, 11) is 0. The maximum Gasteiger partial charge on any atom is 0.321 e. The lowest BCUT2D eigenvalue weighted by atomic mass is 10.2. The van der Waals surface area contributed by atoms with Crippen molar-refractivity contribution in [3.05, 3.63) is 60.8 Å². The van der Waals surface area contributed by atoms with E-state index in [1.807, 2.05) is 53.6 Å². The van der Waals surface area contributed by atoms with Crippen LogP contribution in [0.15, 0.2) is 65.7 Å². The second-order valence-corrected chi connectivity index (χ2v) is 9.52. The summed E-state index contributed by atoms with van der Waals surface area (Å²) in [6.07, 6.45) is 3.80. The van der Waals surface area contributed by atoms with Crippen molar-refractivity contribution in [2.45, 2.75) is 4.90 Å². The van der Waals surface area contributed by atoms with Crippen LogP contribution in [0.25, 0.3) is 0 Å². The molecule has 0 saturated carbocycles. The van der Waals surface area contributed by atoms with Gasteiger partial charge in [-0.05, 0) is 60.9 Å². The molecule has 9 nitrogen and oxygen atoms in total. The van der Waals surface area contributed by atoms with E-state index >= 15 is 0 Å². The first-order valence-electron chi connectivity index (χ1n) is 12.2. The van der Waals surface area contributed by atoms with Crippen molar-refractivity contribution in [3.8, 4) is 0 Å². The van der Waals surface area contributed by atoms with E-state index < -0.39 is 0 Å². The van der Waals surface area contributed by atoms with Gasteiger partial charge in [0.1, 0.15) is 5.82 Å². The molecule has 2 fully saturated rings. The minimum absolute atomic E-state index is 0.0721. The third-order valence-electron chi connectivity index (χ3n) is 6.37. The van der Waals surface area contributed by atoms with Gasteiger partial charge < -0.3 is 30.1 Å². The summed E-state index contributed by atoms with van der Waals surface area (Å²) in [6, 6.07) is 18.1. The van der Waals surface area contributed by atoms with E-state index in [1.54, 1.807) is 18.0 Å². The van der Waals surface area contributed by atoms with Gasteiger partial charge >= 0.3 is 6.03 Å². The molecule has 2 aromatic carbocycles. The van der Waals surface area contributed by atoms with E-state index in [9.17, 15) is 4.79 Å². The molecule has 5 rings (SSSR count). The van der Waals surface area contributed by atoms with Crippen molar-refractivity contribution in [1.82, 2.24) is 14.9 Å². The maximum atomic E-state index is 12.7. The molecule has 0 bridgehead atoms. The standard InChI is InChI=1S/C26H31N7O2S/c1-36-23-8-4-21(5-9-23)29-26(34)33-14-12-32(13-15-33)24-10-11-27-25(30-24)28-20-2-6-22(7-3-20)31-16-18-35-19-17-31/h2-11H,12-19H2,1H3,(H,29,34)(H,27,28,30). The second-order valence-electron chi connectivity index (χ2n) is 8.64. The van der Waals surface area contributed by atoms with Crippen molar-refractivity contribution in [2.75, 3.05) is 79.2 Å². The first-order chi connectivity index (χ1) is 17.7. The number of hydrogen-bond donors (Lipinski definition) is 2. The summed E-state index contributed by atoms with van der Waals surface area (Å²) in [5, 5.41) is 6.30. The number of urea groups is 1. The highest BCUT2D eigenvalue weighted by Gasteiger charge is 2.22. The zero-order chi connectivity index (χ0) is 24.7. The number of amides is 2. The van der Waals surface area contributed by atoms with E-state index in [4.69, 9.17) is 9.72 Å². The number of benzene rings is 2. The minimum atomic E-state index is -0.0721. The summed E-state index contributed by atoms with van der Waals surface area (Å²) in [6.45, 7) is 6.05. The molecule has 10 heteroatoms. The van der Waals surface area contributed by atoms with Crippen LogP contribution < -0.4 is 20.4 Å². The van der Waals surface area contributed by atoms with E-state index in [1.165, 1.54) is 10.6 Å². The minimum Gasteiger partial charge on any atom is -0.378 e. The average molecular weight is 506 g/mol. The molecule has 2 aliphatic rings. The van der Waals surface area contributed by atoms with Crippen LogP contribution in [0.5, 0.6) is 0 Å². The Balaban J connectivity index is 1.14. The fourth-order valence-corrected chi connectivity index (χ4v) is 4.72. The molecule has 0 radical (unpaired) electrons. The van der Waals surface area contributed by atoms with E-state index in [0.717, 1.165) is 43.5 Å². The summed E-state index contributed by atoms with van der Waals surface area (Å²) in [5.74, 6) is 1.41. The molecule has 0 spiro atoms. The smallest absolute Gasteiger partial charge is 0.321 e. The average Bonchev–Trinajstić information content (AvgIpc) is 2.94. The molecule has 2 aliphatic heterocycles. The number of aromatic nitrogens is 2. The molecule has 0 aliphatic carbocycles. The van der Waals surface area contributed by atoms with Crippen LogP contribution >= 0.6 is 11.8 Å². The van der Waals surface area contributed by atoms with Crippen molar-refractivity contribution >= 4 is 46.6 Å². The third kappa shape index (κ3) is 6.00. The van der Waals surface area contributed by atoms with Crippen LogP contribution in [0.1, 0.15) is 0 Å². The predicted octanol–water partition coefficient (Wildman–Crippen LogP) is 4.13. The summed E-state index contributed by atoms with van der Waals surface area (Å²) < 4.78 is 5.44. The molecule has 2 amide bonds. The van der Waals surface area contributed by atoms with Gasteiger partial charge in [0.25, 0.3) is 0 Å². The molecule has 0 unspecified atom stereocenters. The number of carbonyl (C=O) groups excluding carboxylic acids is 1. The lowest BCUT2D eigenvalue weighted by Gasteiger charge is -2.35. The molecule has 36 heavy (non-hydrogen) atoms. The monoisotopic (exact) mass is 505 g/mol. The first kappa shape index (κ1) is 24.2. The second kappa shape index (κ2) is 11.5. The van der Waals surface area contributed by atoms with Gasteiger partial charge in [-0.2, -0.15) is 4.98 Å². The van der Waals surface area contributed by atoms with Gasteiger partial charge in [0, 0.05) is 67.4 Å². The number of hydrogen-bond acceptors (Lipinski definition) is 8. The van der Waals surface area contributed by atoms with Crippen LogP contribution in [0, 0.1) is 0 Å². The molecule has 3 heterocycles. The number of piperazine rings is 1. The fourth-order valence-electron chi connectivity index (χ4n) is 4.31. The Morgan fingerprint density at radius 3 is 2.25 bits per heavy atom. The number of rotatable bonds is 6. The first-order valence-corrected chi connectivity index (χ1v) is 13.4. The van der Waals surface area contributed by atoms with Crippen molar-refractivity contribution in [2.24, 2.45) is 0 Å². The summed E-state index contributed by atoms with van der Waals surface area (Å²) >= 11 is 1.68. The van der Waals surface area contributed by atoms with Crippen LogP contribution in [0.4, 0.5) is 33.6 Å². The molecule has 2 N–H and O–H groups in total. The molecule has 2 saturated heterocycles. The van der Waals surface area contributed by atoms with E-state index in [2.05, 4.69) is 37.6 Å². The number of nitrogens with zero attached hydrogens (tertiary/aromatic N) is 5. The van der Waals surface area contributed by atoms with Gasteiger partial charge in [0.15, 0.2) is 0 Å². The van der Waals surface area contributed by atoms with Gasteiger partial charge in [0.2, 0.25) is 5.95 Å². The van der Waals surface area contributed by atoms with Crippen molar-refractivity contribution in [1.29, 1.82) is 0 Å². The lowest BCUT2D eigenvalue weighted by molar-refractivity contribution is 0.122. The van der Waals surface area contributed by atoms with E-state index in [-0.39, 0.29) is 6.03 Å². The van der Waals surface area contributed by atoms with Crippen molar-refractivity contribution in [3.63, 3.8) is 0 Å². The van der Waals surface area contributed by atoms with E-state index in [0.29, 0.717) is 32.1 Å². The van der Waals surface area contributed by atoms with Crippen LogP contribution in [-0.2, 0) is 4.74 Å². The molecule has 1 aromatic heterocycles. The SMILES string of the molecule is CSc1ccc(NC(=O)N2CCN(c3ccnc(Nc4ccc(N5CCOCC5)cc4)n3)CC2)cc1. The van der Waals surface area contributed by atoms with Gasteiger partial charge in [-0.25, -0.2) is 9.78 Å². The maximum absolute atomic E-state index is 12.7. The van der Waals surface area contributed by atoms with Gasteiger partial charge in [-0.3, -0.25) is 0 Å². The third-order valence-corrected chi connectivity index (χ3v) is 7.12. The summed E-state index contributed by atoms with van der Waals surface area (Å²) in [5.41, 5.74) is 2.94. The molecule has 3 aromatic rings. The summed E-state index contributed by atoms with van der Waals surface area (Å²) in [4.78, 5) is 29.3. The highest BCUT2D eigenvalue weighted by molar-refractivity contribution is 7.98. The zero-order valence-corrected chi connectivity index (χ0v) is 21.2. The fraction of sp³-hybridized carbons (Fsp3) is 0.346. The molecular weight excluding hydrogens is 474 g/mol. The molecule has 188 valence electrons. The lowest BCUT2D eigenvalue weighted by Crippen LogP contribution is -2.50. The Labute approximate surface area is 215 Å². The predicted molar refractivity (Wildman–Crippen MR) is 146 cm³/mol. The van der Waals surface area contributed by atoms with Crippen molar-refractivity contribution < 1.29 is 9.53 Å². The Morgan fingerprint density at radius 1 is 0.861 bits per heavy atom. The number of nitrogens with one attached hydrogen (secondary N) is 2.